The molecule has 0 amide bonds. The summed E-state index contributed by atoms with van der Waals surface area (Å²) in [5, 5.41) is 0. The molecule has 0 spiro atoms. The maximum absolute atomic E-state index is 5.84. The average molecular weight is 177 g/mol. The molecule has 1 nitrogen and oxygen atoms in total. The van der Waals surface area contributed by atoms with Crippen LogP contribution in [-0.4, -0.2) is 0 Å². The third-order valence-corrected chi connectivity index (χ3v) is 2.75. The molecule has 72 valence electrons. The molecule has 0 aliphatic carbocycles. The van der Waals surface area contributed by atoms with Crippen molar-refractivity contribution < 1.29 is 0 Å². The molecule has 1 aromatic rings. The smallest absolute Gasteiger partial charge is 0.0346 e. The number of rotatable bonds is 3. The van der Waals surface area contributed by atoms with E-state index in [1.54, 1.807) is 0 Å². The Morgan fingerprint density at radius 2 is 2.08 bits per heavy atom. The Morgan fingerprint density at radius 3 is 2.69 bits per heavy atom. The summed E-state index contributed by atoms with van der Waals surface area (Å²) in [5.41, 5.74) is 9.41. The molecule has 1 heteroatoms. The van der Waals surface area contributed by atoms with Gasteiger partial charge in [0, 0.05) is 5.69 Å². The number of hydrogen-bond acceptors (Lipinski definition) is 1. The first-order valence-electron chi connectivity index (χ1n) is 4.99. The highest BCUT2D eigenvalue weighted by Crippen LogP contribution is 2.19. The van der Waals surface area contributed by atoms with E-state index < -0.39 is 0 Å². The minimum Gasteiger partial charge on any atom is -0.399 e. The maximum atomic E-state index is 5.84. The second kappa shape index (κ2) is 4.31. The molecule has 0 radical (unpaired) electrons. The van der Waals surface area contributed by atoms with Crippen LogP contribution in [0.15, 0.2) is 18.2 Å². The molecular formula is C12H19N. The molecule has 0 aliphatic rings. The largest absolute Gasteiger partial charge is 0.399 e. The number of nitrogen functional groups attached to an aromatic ring is 1. The van der Waals surface area contributed by atoms with Crippen LogP contribution in [0.4, 0.5) is 5.69 Å². The maximum Gasteiger partial charge on any atom is 0.0346 e. The number of hydrogen-bond donors (Lipinski definition) is 1. The van der Waals surface area contributed by atoms with Crippen molar-refractivity contribution in [2.45, 2.75) is 33.6 Å². The van der Waals surface area contributed by atoms with E-state index >= 15 is 0 Å². The molecule has 0 aliphatic heterocycles. The normalized spacial score (nSPS) is 12.8. The van der Waals surface area contributed by atoms with Gasteiger partial charge in [-0.3, -0.25) is 0 Å². The minimum absolute atomic E-state index is 0.750. The zero-order valence-electron chi connectivity index (χ0n) is 8.80. The Balaban J connectivity index is 2.83. The second-order valence-corrected chi connectivity index (χ2v) is 3.85. The van der Waals surface area contributed by atoms with Crippen molar-refractivity contribution in [1.82, 2.24) is 0 Å². The first-order chi connectivity index (χ1) is 6.15. The van der Waals surface area contributed by atoms with Gasteiger partial charge < -0.3 is 5.73 Å². The van der Waals surface area contributed by atoms with Crippen LogP contribution < -0.4 is 5.73 Å². The lowest BCUT2D eigenvalue weighted by atomic mass is 9.95. The molecular weight excluding hydrogens is 158 g/mol. The quantitative estimate of drug-likeness (QED) is 0.705. The zero-order chi connectivity index (χ0) is 9.84. The predicted octanol–water partition coefficient (Wildman–Crippen LogP) is 3.17. The monoisotopic (exact) mass is 177 g/mol. The Bertz CT molecular complexity index is 278. The Hall–Kier alpha value is -0.980. The van der Waals surface area contributed by atoms with Gasteiger partial charge in [0.15, 0.2) is 0 Å². The molecule has 0 aromatic heterocycles. The van der Waals surface area contributed by atoms with Gasteiger partial charge in [0.1, 0.15) is 0 Å². The van der Waals surface area contributed by atoms with Crippen molar-refractivity contribution in [3.05, 3.63) is 29.3 Å². The van der Waals surface area contributed by atoms with E-state index in [2.05, 4.69) is 26.8 Å². The third kappa shape index (κ3) is 2.48. The zero-order valence-corrected chi connectivity index (χ0v) is 8.80. The highest BCUT2D eigenvalue weighted by Gasteiger charge is 2.04. The molecule has 0 saturated heterocycles. The minimum atomic E-state index is 0.750. The molecule has 1 rings (SSSR count). The topological polar surface area (TPSA) is 26.0 Å². The summed E-state index contributed by atoms with van der Waals surface area (Å²) in [4.78, 5) is 0. The molecule has 1 aromatic carbocycles. The van der Waals surface area contributed by atoms with Gasteiger partial charge in [-0.05, 0) is 36.5 Å². The first kappa shape index (κ1) is 10.1. The Kier molecular flexibility index (Phi) is 3.35. The lowest BCUT2D eigenvalue weighted by molar-refractivity contribution is 0.559. The van der Waals surface area contributed by atoms with E-state index in [-0.39, 0.29) is 0 Å². The van der Waals surface area contributed by atoms with Crippen molar-refractivity contribution in [2.24, 2.45) is 5.92 Å². The van der Waals surface area contributed by atoms with Gasteiger partial charge in [0.2, 0.25) is 0 Å². The van der Waals surface area contributed by atoms with Crippen LogP contribution in [0.5, 0.6) is 0 Å². The molecule has 1 atom stereocenters. The van der Waals surface area contributed by atoms with Crippen LogP contribution in [0.1, 0.15) is 31.4 Å². The lowest BCUT2D eigenvalue weighted by Gasteiger charge is -2.12. The predicted molar refractivity (Wildman–Crippen MR) is 58.8 cm³/mol. The van der Waals surface area contributed by atoms with Crippen LogP contribution in [0, 0.1) is 12.8 Å². The Morgan fingerprint density at radius 1 is 1.38 bits per heavy atom. The van der Waals surface area contributed by atoms with E-state index in [0.29, 0.717) is 0 Å². The summed E-state index contributed by atoms with van der Waals surface area (Å²) in [6.07, 6.45) is 2.38. The van der Waals surface area contributed by atoms with Gasteiger partial charge in [0.25, 0.3) is 0 Å². The Labute approximate surface area is 81.0 Å². The summed E-state index contributed by atoms with van der Waals surface area (Å²) < 4.78 is 0. The molecule has 0 heterocycles. The first-order valence-corrected chi connectivity index (χ1v) is 4.99. The van der Waals surface area contributed by atoms with Gasteiger partial charge in [-0.1, -0.05) is 32.4 Å². The molecule has 1 unspecified atom stereocenters. The SMILES string of the molecule is CCC(C)Cc1cccc(N)c1C. The van der Waals surface area contributed by atoms with E-state index in [0.717, 1.165) is 18.0 Å². The number of nitrogens with two attached hydrogens (primary N) is 1. The molecule has 0 fully saturated rings. The van der Waals surface area contributed by atoms with Crippen LogP contribution in [0.2, 0.25) is 0 Å². The van der Waals surface area contributed by atoms with Crippen LogP contribution in [-0.2, 0) is 6.42 Å². The van der Waals surface area contributed by atoms with Crippen molar-refractivity contribution in [3.63, 3.8) is 0 Å². The van der Waals surface area contributed by atoms with E-state index in [1.807, 2.05) is 12.1 Å². The van der Waals surface area contributed by atoms with E-state index in [1.165, 1.54) is 17.5 Å². The van der Waals surface area contributed by atoms with E-state index in [9.17, 15) is 0 Å². The second-order valence-electron chi connectivity index (χ2n) is 3.85. The fraction of sp³-hybridized carbons (Fsp3) is 0.500. The van der Waals surface area contributed by atoms with Crippen molar-refractivity contribution in [2.75, 3.05) is 5.73 Å². The van der Waals surface area contributed by atoms with Gasteiger partial charge in [0.05, 0.1) is 0 Å². The van der Waals surface area contributed by atoms with Crippen molar-refractivity contribution in [1.29, 1.82) is 0 Å². The fourth-order valence-corrected chi connectivity index (χ4v) is 1.44. The van der Waals surface area contributed by atoms with Crippen molar-refractivity contribution in [3.8, 4) is 0 Å². The molecule has 0 bridgehead atoms. The lowest BCUT2D eigenvalue weighted by Crippen LogP contribution is -2.01. The van der Waals surface area contributed by atoms with Gasteiger partial charge in [-0.25, -0.2) is 0 Å². The number of anilines is 1. The van der Waals surface area contributed by atoms with Crippen molar-refractivity contribution >= 4 is 5.69 Å². The summed E-state index contributed by atoms with van der Waals surface area (Å²) in [6.45, 7) is 6.61. The van der Waals surface area contributed by atoms with Crippen LogP contribution in [0.25, 0.3) is 0 Å². The molecule has 2 N–H and O–H groups in total. The van der Waals surface area contributed by atoms with Crippen LogP contribution in [0.3, 0.4) is 0 Å². The van der Waals surface area contributed by atoms with Gasteiger partial charge in [-0.2, -0.15) is 0 Å². The van der Waals surface area contributed by atoms with E-state index in [4.69, 9.17) is 5.73 Å². The van der Waals surface area contributed by atoms with Gasteiger partial charge in [-0.15, -0.1) is 0 Å². The third-order valence-electron chi connectivity index (χ3n) is 2.75. The molecule has 13 heavy (non-hydrogen) atoms. The highest BCUT2D eigenvalue weighted by atomic mass is 14.6. The highest BCUT2D eigenvalue weighted by molar-refractivity contribution is 5.49. The fourth-order valence-electron chi connectivity index (χ4n) is 1.44. The number of benzene rings is 1. The summed E-state index contributed by atoms with van der Waals surface area (Å²) >= 11 is 0. The van der Waals surface area contributed by atoms with Crippen LogP contribution >= 0.6 is 0 Å². The summed E-state index contributed by atoms with van der Waals surface area (Å²) in [7, 11) is 0. The average Bonchev–Trinajstić information content (AvgIpc) is 2.13. The van der Waals surface area contributed by atoms with Gasteiger partial charge >= 0.3 is 0 Å². The molecule has 0 saturated carbocycles. The summed E-state index contributed by atoms with van der Waals surface area (Å²) in [5.74, 6) is 0.750. The standard InChI is InChI=1S/C12H19N/c1-4-9(2)8-11-6-5-7-12(13)10(11)3/h5-7,9H,4,8,13H2,1-3H3. The summed E-state index contributed by atoms with van der Waals surface area (Å²) in [6, 6.07) is 6.19.